The molecule has 0 saturated carbocycles. The first kappa shape index (κ1) is 16.0. The summed E-state index contributed by atoms with van der Waals surface area (Å²) >= 11 is 5.88. The van der Waals surface area contributed by atoms with Gasteiger partial charge in [0.25, 0.3) is 0 Å². The van der Waals surface area contributed by atoms with Crippen LogP contribution < -0.4 is 0 Å². The van der Waals surface area contributed by atoms with Gasteiger partial charge in [-0.05, 0) is 48.2 Å². The van der Waals surface area contributed by atoms with Crippen LogP contribution in [0, 0.1) is 13.8 Å². The summed E-state index contributed by atoms with van der Waals surface area (Å²) in [5.74, 6) is -2.14. The monoisotopic (exact) mass is 319 g/mol. The van der Waals surface area contributed by atoms with Crippen molar-refractivity contribution in [1.82, 2.24) is 4.98 Å². The molecule has 0 radical (unpaired) electrons. The van der Waals surface area contributed by atoms with Crippen LogP contribution in [0.3, 0.4) is 0 Å². The molecule has 0 aliphatic rings. The molecule has 0 saturated heterocycles. The van der Waals surface area contributed by atoms with Crippen LogP contribution in [-0.2, 0) is 11.2 Å². The summed E-state index contributed by atoms with van der Waals surface area (Å²) in [6, 6.07) is 6.83. The number of carbonyl (C=O) groups is 2. The molecule has 114 valence electrons. The molecule has 0 aliphatic carbocycles. The molecule has 5 nitrogen and oxygen atoms in total. The van der Waals surface area contributed by atoms with Crippen molar-refractivity contribution in [3.63, 3.8) is 0 Å². The fraction of sp³-hybridized carbons (Fsp3) is 0.188. The van der Waals surface area contributed by atoms with Gasteiger partial charge in [-0.25, -0.2) is 9.78 Å². The molecular formula is C16H14ClNO4. The number of pyridine rings is 1. The van der Waals surface area contributed by atoms with Crippen molar-refractivity contribution in [1.29, 1.82) is 0 Å². The Hall–Kier alpha value is -2.40. The van der Waals surface area contributed by atoms with Gasteiger partial charge in [-0.3, -0.25) is 4.79 Å². The van der Waals surface area contributed by atoms with Crippen molar-refractivity contribution in [2.45, 2.75) is 20.3 Å². The van der Waals surface area contributed by atoms with Crippen LogP contribution in [0.2, 0.25) is 5.02 Å². The summed E-state index contributed by atoms with van der Waals surface area (Å²) < 4.78 is 0. The first-order chi connectivity index (χ1) is 10.3. The molecule has 2 N–H and O–H groups in total. The topological polar surface area (TPSA) is 87.5 Å². The molecule has 0 atom stereocenters. The van der Waals surface area contributed by atoms with Crippen LogP contribution in [0.25, 0.3) is 11.1 Å². The van der Waals surface area contributed by atoms with Crippen LogP contribution in [0.1, 0.15) is 27.3 Å². The molecule has 0 aliphatic heterocycles. The summed E-state index contributed by atoms with van der Waals surface area (Å²) in [5.41, 5.74) is 2.58. The van der Waals surface area contributed by atoms with Crippen LogP contribution in [-0.4, -0.2) is 27.1 Å². The van der Waals surface area contributed by atoms with Gasteiger partial charge in [-0.2, -0.15) is 0 Å². The zero-order valence-electron chi connectivity index (χ0n) is 12.1. The van der Waals surface area contributed by atoms with Crippen LogP contribution in [0.5, 0.6) is 0 Å². The normalized spacial score (nSPS) is 10.5. The Morgan fingerprint density at radius 1 is 1.14 bits per heavy atom. The van der Waals surface area contributed by atoms with Gasteiger partial charge >= 0.3 is 11.9 Å². The number of carboxylic acids is 2. The largest absolute Gasteiger partial charge is 0.481 e. The maximum atomic E-state index is 11.3. The number of aliphatic carboxylic acids is 1. The molecule has 6 heteroatoms. The van der Waals surface area contributed by atoms with E-state index >= 15 is 0 Å². The Labute approximate surface area is 132 Å². The third-order valence-electron chi connectivity index (χ3n) is 3.41. The molecule has 2 rings (SSSR count). The van der Waals surface area contributed by atoms with Crippen molar-refractivity contribution in [2.24, 2.45) is 0 Å². The molecule has 0 fully saturated rings. The molecule has 1 heterocycles. The van der Waals surface area contributed by atoms with E-state index in [2.05, 4.69) is 4.98 Å². The van der Waals surface area contributed by atoms with E-state index in [-0.39, 0.29) is 12.1 Å². The first-order valence-corrected chi connectivity index (χ1v) is 6.90. The van der Waals surface area contributed by atoms with Crippen LogP contribution in [0.15, 0.2) is 24.3 Å². The summed E-state index contributed by atoms with van der Waals surface area (Å²) in [6.45, 7) is 3.24. The number of aromatic nitrogens is 1. The van der Waals surface area contributed by atoms with Crippen molar-refractivity contribution in [3.8, 4) is 11.1 Å². The standard InChI is InChI=1S/C16H14ClNO4/c1-8-14(10-3-5-11(17)6-4-10)12(7-13(19)20)9(2)18-15(8)16(21)22/h3-6H,7H2,1-2H3,(H,19,20)(H,21,22). The number of halogens is 1. The van der Waals surface area contributed by atoms with E-state index in [9.17, 15) is 14.7 Å². The molecule has 0 amide bonds. The number of hydrogen-bond donors (Lipinski definition) is 2. The molecule has 0 spiro atoms. The van der Waals surface area contributed by atoms with Gasteiger partial charge in [0.1, 0.15) is 0 Å². The first-order valence-electron chi connectivity index (χ1n) is 6.52. The quantitative estimate of drug-likeness (QED) is 0.902. The van der Waals surface area contributed by atoms with Gasteiger partial charge in [-0.1, -0.05) is 23.7 Å². The highest BCUT2D eigenvalue weighted by Crippen LogP contribution is 2.32. The zero-order chi connectivity index (χ0) is 16.4. The molecule has 0 bridgehead atoms. The van der Waals surface area contributed by atoms with Crippen molar-refractivity contribution >= 4 is 23.5 Å². The molecular weight excluding hydrogens is 306 g/mol. The third kappa shape index (κ3) is 3.09. The number of hydrogen-bond acceptors (Lipinski definition) is 3. The van der Waals surface area contributed by atoms with E-state index in [4.69, 9.17) is 16.7 Å². The lowest BCUT2D eigenvalue weighted by atomic mass is 9.91. The SMILES string of the molecule is Cc1nc(C(=O)O)c(C)c(-c2ccc(Cl)cc2)c1CC(=O)O. The number of nitrogens with zero attached hydrogens (tertiary/aromatic N) is 1. The molecule has 1 aromatic carbocycles. The highest BCUT2D eigenvalue weighted by Gasteiger charge is 2.21. The summed E-state index contributed by atoms with van der Waals surface area (Å²) in [5, 5.41) is 18.9. The second-order valence-electron chi connectivity index (χ2n) is 4.91. The summed E-state index contributed by atoms with van der Waals surface area (Å²) in [7, 11) is 0. The minimum atomic E-state index is -1.14. The summed E-state index contributed by atoms with van der Waals surface area (Å²) in [6.07, 6.45) is -0.225. The van der Waals surface area contributed by atoms with Crippen LogP contribution >= 0.6 is 11.6 Å². The van der Waals surface area contributed by atoms with Crippen LogP contribution in [0.4, 0.5) is 0 Å². The van der Waals surface area contributed by atoms with Crippen molar-refractivity contribution < 1.29 is 19.8 Å². The fourth-order valence-electron chi connectivity index (χ4n) is 2.43. The minimum Gasteiger partial charge on any atom is -0.481 e. The van der Waals surface area contributed by atoms with Gasteiger partial charge in [0.15, 0.2) is 5.69 Å². The second kappa shape index (κ2) is 6.15. The molecule has 22 heavy (non-hydrogen) atoms. The maximum absolute atomic E-state index is 11.3. The van der Waals surface area contributed by atoms with Crippen molar-refractivity contribution in [2.75, 3.05) is 0 Å². The number of aromatic carboxylic acids is 1. The predicted molar refractivity (Wildman–Crippen MR) is 82.5 cm³/mol. The van der Waals surface area contributed by atoms with E-state index in [1.54, 1.807) is 38.1 Å². The molecule has 0 unspecified atom stereocenters. The Kier molecular flexibility index (Phi) is 4.47. The lowest BCUT2D eigenvalue weighted by molar-refractivity contribution is -0.136. The lowest BCUT2D eigenvalue weighted by Crippen LogP contribution is -2.12. The third-order valence-corrected chi connectivity index (χ3v) is 3.66. The van der Waals surface area contributed by atoms with E-state index in [1.807, 2.05) is 0 Å². The second-order valence-corrected chi connectivity index (χ2v) is 5.34. The smallest absolute Gasteiger partial charge is 0.354 e. The molecule has 2 aromatic rings. The Bertz CT molecular complexity index is 754. The highest BCUT2D eigenvalue weighted by atomic mass is 35.5. The number of benzene rings is 1. The van der Waals surface area contributed by atoms with Gasteiger partial charge < -0.3 is 10.2 Å². The average Bonchev–Trinajstić information content (AvgIpc) is 2.43. The van der Waals surface area contributed by atoms with E-state index in [0.29, 0.717) is 33.0 Å². The Balaban J connectivity index is 2.78. The highest BCUT2D eigenvalue weighted by molar-refractivity contribution is 6.30. The average molecular weight is 320 g/mol. The Morgan fingerprint density at radius 3 is 2.23 bits per heavy atom. The Morgan fingerprint density at radius 2 is 1.73 bits per heavy atom. The van der Waals surface area contributed by atoms with E-state index in [0.717, 1.165) is 0 Å². The van der Waals surface area contributed by atoms with Gasteiger partial charge in [0.2, 0.25) is 0 Å². The zero-order valence-corrected chi connectivity index (χ0v) is 12.8. The van der Waals surface area contributed by atoms with Crippen molar-refractivity contribution in [3.05, 3.63) is 51.8 Å². The lowest BCUT2D eigenvalue weighted by Gasteiger charge is -2.16. The number of aryl methyl sites for hydroxylation is 1. The summed E-state index contributed by atoms with van der Waals surface area (Å²) in [4.78, 5) is 26.5. The van der Waals surface area contributed by atoms with E-state index < -0.39 is 11.9 Å². The maximum Gasteiger partial charge on any atom is 0.354 e. The number of carboxylic acid groups (broad SMARTS) is 2. The predicted octanol–water partition coefficient (Wildman–Crippen LogP) is 3.34. The van der Waals surface area contributed by atoms with Gasteiger partial charge in [0.05, 0.1) is 6.42 Å². The number of rotatable bonds is 4. The van der Waals surface area contributed by atoms with Gasteiger partial charge in [-0.15, -0.1) is 0 Å². The van der Waals surface area contributed by atoms with E-state index in [1.165, 1.54) is 0 Å². The van der Waals surface area contributed by atoms with Gasteiger partial charge in [0, 0.05) is 10.7 Å². The molecule has 1 aromatic heterocycles. The fourth-order valence-corrected chi connectivity index (χ4v) is 2.55. The minimum absolute atomic E-state index is 0.0726.